The molecular formula is C20H31F3N4O3. The summed E-state index contributed by atoms with van der Waals surface area (Å²) in [5, 5.41) is 13.6. The largest absolute Gasteiger partial charge is 0.481 e. The molecule has 0 saturated heterocycles. The molecule has 2 amide bonds. The maximum absolute atomic E-state index is 12.4. The van der Waals surface area contributed by atoms with Crippen LogP contribution in [0.3, 0.4) is 0 Å². The first-order chi connectivity index (χ1) is 14.3. The highest BCUT2D eigenvalue weighted by Crippen LogP contribution is 2.25. The van der Waals surface area contributed by atoms with E-state index in [1.54, 1.807) is 0 Å². The lowest BCUT2D eigenvalue weighted by atomic mass is 10.1. The number of hydrogen-bond donors (Lipinski definition) is 3. The van der Waals surface area contributed by atoms with Crippen LogP contribution in [0.5, 0.6) is 0 Å². The van der Waals surface area contributed by atoms with Crippen LogP contribution in [0.4, 0.5) is 23.7 Å². The van der Waals surface area contributed by atoms with Crippen molar-refractivity contribution in [1.82, 2.24) is 15.3 Å². The van der Waals surface area contributed by atoms with Crippen LogP contribution in [0.15, 0.2) is 12.4 Å². The van der Waals surface area contributed by atoms with Crippen LogP contribution >= 0.6 is 0 Å². The molecule has 10 heteroatoms. The minimum absolute atomic E-state index is 0.0994. The number of rotatable bonds is 15. The molecule has 30 heavy (non-hydrogen) atoms. The molecule has 3 N–H and O–H groups in total. The van der Waals surface area contributed by atoms with Crippen LogP contribution in [-0.2, 0) is 11.0 Å². The number of carbonyl (C=O) groups is 2. The van der Waals surface area contributed by atoms with Crippen molar-refractivity contribution in [1.29, 1.82) is 0 Å². The Kier molecular flexibility index (Phi) is 12.5. The number of nitrogens with one attached hydrogen (secondary N) is 2. The normalized spacial score (nSPS) is 11.3. The first-order valence-electron chi connectivity index (χ1n) is 10.4. The van der Waals surface area contributed by atoms with Crippen LogP contribution in [0, 0.1) is 0 Å². The van der Waals surface area contributed by atoms with Crippen LogP contribution in [0.25, 0.3) is 0 Å². The zero-order valence-corrected chi connectivity index (χ0v) is 17.1. The van der Waals surface area contributed by atoms with Crippen LogP contribution in [0.1, 0.15) is 82.9 Å². The second kappa shape index (κ2) is 14.6. The van der Waals surface area contributed by atoms with Crippen molar-refractivity contribution in [2.75, 3.05) is 11.9 Å². The number of nitrogens with zero attached hydrogens (tertiary/aromatic N) is 2. The highest BCUT2D eigenvalue weighted by molar-refractivity contribution is 5.88. The molecule has 0 spiro atoms. The third kappa shape index (κ3) is 12.9. The molecule has 170 valence electrons. The summed E-state index contributed by atoms with van der Waals surface area (Å²) in [5.74, 6) is -1.97. The van der Waals surface area contributed by atoms with Gasteiger partial charge < -0.3 is 15.7 Å². The summed E-state index contributed by atoms with van der Waals surface area (Å²) in [6.07, 6.45) is 9.12. The van der Waals surface area contributed by atoms with Crippen LogP contribution < -0.4 is 10.6 Å². The van der Waals surface area contributed by atoms with Crippen LogP contribution in [-0.4, -0.2) is 33.6 Å². The van der Waals surface area contributed by atoms with Gasteiger partial charge in [-0.2, -0.15) is 13.2 Å². The topological polar surface area (TPSA) is 104 Å². The molecule has 0 aliphatic rings. The number of urea groups is 1. The van der Waals surface area contributed by atoms with Gasteiger partial charge in [-0.3, -0.25) is 4.79 Å². The first kappa shape index (κ1) is 25.6. The molecule has 1 aromatic rings. The predicted molar refractivity (Wildman–Crippen MR) is 107 cm³/mol. The Hall–Kier alpha value is -2.39. The summed E-state index contributed by atoms with van der Waals surface area (Å²) in [6, 6.07) is -0.498. The van der Waals surface area contributed by atoms with Gasteiger partial charge >= 0.3 is 18.2 Å². The maximum atomic E-state index is 12.4. The Bertz CT molecular complexity index is 625. The SMILES string of the molecule is O=C(O)CCCCCCCCCCCCCNC(=O)Nc1cnc(C(F)(F)F)nc1. The van der Waals surface area contributed by atoms with Crippen molar-refractivity contribution in [2.45, 2.75) is 83.2 Å². The molecule has 0 fully saturated rings. The van der Waals surface area contributed by atoms with Crippen molar-refractivity contribution in [3.8, 4) is 0 Å². The number of aliphatic carboxylic acids is 1. The maximum Gasteiger partial charge on any atom is 0.451 e. The minimum atomic E-state index is -4.61. The van der Waals surface area contributed by atoms with Crippen molar-refractivity contribution in [2.24, 2.45) is 0 Å². The van der Waals surface area contributed by atoms with E-state index in [4.69, 9.17) is 5.11 Å². The molecule has 7 nitrogen and oxygen atoms in total. The van der Waals surface area contributed by atoms with Gasteiger partial charge in [0.05, 0.1) is 18.1 Å². The van der Waals surface area contributed by atoms with Gasteiger partial charge in [0.2, 0.25) is 5.82 Å². The summed E-state index contributed by atoms with van der Waals surface area (Å²) in [6.45, 7) is 0.490. The molecule has 0 radical (unpaired) electrons. The molecular weight excluding hydrogens is 401 g/mol. The Labute approximate surface area is 174 Å². The lowest BCUT2D eigenvalue weighted by molar-refractivity contribution is -0.145. The molecule has 1 aromatic heterocycles. The number of unbranched alkanes of at least 4 members (excludes halogenated alkanes) is 10. The van der Waals surface area contributed by atoms with Crippen molar-refractivity contribution in [3.05, 3.63) is 18.2 Å². The standard InChI is InChI=1S/C20H31F3N4O3/c21-20(22,23)18-25-14-16(15-26-18)27-19(30)24-13-11-9-7-5-3-1-2-4-6-8-10-12-17(28)29/h14-15H,1-13H2,(H,28,29)(H2,24,27,30). The molecule has 0 aliphatic heterocycles. The number of halogens is 3. The van der Waals surface area contributed by atoms with Crippen LogP contribution in [0.2, 0.25) is 0 Å². The number of alkyl halides is 3. The Morgan fingerprint density at radius 3 is 1.77 bits per heavy atom. The summed E-state index contributed by atoms with van der Waals surface area (Å²) in [7, 11) is 0. The van der Waals surface area contributed by atoms with E-state index in [9.17, 15) is 22.8 Å². The predicted octanol–water partition coefficient (Wildman–Crippen LogP) is 5.38. The number of aromatic nitrogens is 2. The van der Waals surface area contributed by atoms with Gasteiger partial charge in [-0.05, 0) is 12.8 Å². The molecule has 0 saturated carbocycles. The monoisotopic (exact) mass is 432 g/mol. The molecule has 0 aromatic carbocycles. The van der Waals surface area contributed by atoms with Gasteiger partial charge in [0.15, 0.2) is 0 Å². The highest BCUT2D eigenvalue weighted by atomic mass is 19.4. The fraction of sp³-hybridized carbons (Fsp3) is 0.700. The average Bonchev–Trinajstić information content (AvgIpc) is 2.67. The van der Waals surface area contributed by atoms with Crippen molar-refractivity contribution in [3.63, 3.8) is 0 Å². The Morgan fingerprint density at radius 1 is 0.833 bits per heavy atom. The van der Waals surface area contributed by atoms with E-state index >= 15 is 0 Å². The smallest absolute Gasteiger partial charge is 0.451 e. The lowest BCUT2D eigenvalue weighted by Crippen LogP contribution is -2.29. The number of anilines is 1. The number of hydrogen-bond acceptors (Lipinski definition) is 4. The summed E-state index contributed by atoms with van der Waals surface area (Å²) in [5.41, 5.74) is 0.0994. The number of amides is 2. The van der Waals surface area contributed by atoms with E-state index in [-0.39, 0.29) is 12.1 Å². The third-order valence-corrected chi connectivity index (χ3v) is 4.52. The molecule has 1 rings (SSSR count). The first-order valence-corrected chi connectivity index (χ1v) is 10.4. The third-order valence-electron chi connectivity index (χ3n) is 4.52. The van der Waals surface area contributed by atoms with E-state index in [0.29, 0.717) is 6.54 Å². The fourth-order valence-corrected chi connectivity index (χ4v) is 2.91. The van der Waals surface area contributed by atoms with E-state index in [1.807, 2.05) is 0 Å². The Morgan fingerprint density at radius 2 is 1.30 bits per heavy atom. The number of carboxylic acid groups (broad SMARTS) is 1. The summed E-state index contributed by atoms with van der Waals surface area (Å²) >= 11 is 0. The van der Waals surface area contributed by atoms with Gasteiger partial charge in [0.1, 0.15) is 0 Å². The van der Waals surface area contributed by atoms with E-state index in [0.717, 1.165) is 63.8 Å². The zero-order chi connectivity index (χ0) is 22.2. The van der Waals surface area contributed by atoms with Gasteiger partial charge in [-0.25, -0.2) is 14.8 Å². The molecule has 0 unspecified atom stereocenters. The average molecular weight is 432 g/mol. The van der Waals surface area contributed by atoms with Crippen molar-refractivity contribution < 1.29 is 27.9 Å². The molecule has 0 aliphatic carbocycles. The minimum Gasteiger partial charge on any atom is -0.481 e. The van der Waals surface area contributed by atoms with E-state index in [2.05, 4.69) is 20.6 Å². The van der Waals surface area contributed by atoms with Gasteiger partial charge in [0, 0.05) is 13.0 Å². The van der Waals surface area contributed by atoms with Gasteiger partial charge in [-0.1, -0.05) is 57.8 Å². The molecule has 1 heterocycles. The highest BCUT2D eigenvalue weighted by Gasteiger charge is 2.34. The Balaban J connectivity index is 1.93. The number of carbonyl (C=O) groups excluding carboxylic acids is 1. The van der Waals surface area contributed by atoms with Gasteiger partial charge in [0.25, 0.3) is 0 Å². The fourth-order valence-electron chi connectivity index (χ4n) is 2.91. The number of carboxylic acids is 1. The zero-order valence-electron chi connectivity index (χ0n) is 17.1. The lowest BCUT2D eigenvalue weighted by Gasteiger charge is -2.08. The molecule has 0 atom stereocenters. The molecule has 0 bridgehead atoms. The van der Waals surface area contributed by atoms with E-state index in [1.165, 1.54) is 19.3 Å². The summed E-state index contributed by atoms with van der Waals surface area (Å²) in [4.78, 5) is 28.4. The van der Waals surface area contributed by atoms with Gasteiger partial charge in [-0.15, -0.1) is 0 Å². The summed E-state index contributed by atoms with van der Waals surface area (Å²) < 4.78 is 37.1. The quantitative estimate of drug-likeness (QED) is 0.323. The second-order valence-electron chi connectivity index (χ2n) is 7.21. The van der Waals surface area contributed by atoms with Crippen molar-refractivity contribution >= 4 is 17.7 Å². The van der Waals surface area contributed by atoms with E-state index < -0.39 is 24.0 Å². The second-order valence-corrected chi connectivity index (χ2v) is 7.21.